The molecule has 0 aliphatic rings. The summed E-state index contributed by atoms with van der Waals surface area (Å²) in [6.45, 7) is 6.43. The molecule has 0 radical (unpaired) electrons. The number of allylic oxidation sites excluding steroid dienone is 1. The Labute approximate surface area is 69.7 Å². The number of ether oxygens (including phenoxy) is 1. The molecule has 0 N–H and O–H groups in total. The van der Waals surface area contributed by atoms with Gasteiger partial charge >= 0.3 is 5.97 Å². The van der Waals surface area contributed by atoms with Gasteiger partial charge < -0.3 is 4.74 Å². The number of hydrogen-bond donors (Lipinski definition) is 0. The lowest BCUT2D eigenvalue weighted by molar-refractivity contribution is -0.135. The van der Waals surface area contributed by atoms with Gasteiger partial charge in [-0.1, -0.05) is 28.6 Å². The molecule has 0 aromatic rings. The lowest BCUT2D eigenvalue weighted by Crippen LogP contribution is -1.87. The molecule has 0 spiro atoms. The van der Waals surface area contributed by atoms with Gasteiger partial charge in [-0.15, -0.1) is 0 Å². The number of carbonyl (C=O) groups excluding carboxylic acids is 1. The van der Waals surface area contributed by atoms with Crippen LogP contribution in [0.25, 0.3) is 0 Å². The molecule has 0 bridgehead atoms. The van der Waals surface area contributed by atoms with Gasteiger partial charge in [0.25, 0.3) is 0 Å². The molecule has 2 nitrogen and oxygen atoms in total. The summed E-state index contributed by atoms with van der Waals surface area (Å²) in [4.78, 5) is 11.6. The number of halogens is 1. The molecule has 0 heterocycles. The third-order valence-electron chi connectivity index (χ3n) is 0.375. The van der Waals surface area contributed by atoms with Crippen LogP contribution in [0.4, 0.5) is 0 Å². The maximum Gasteiger partial charge on any atom is 0.307 e. The van der Waals surface area contributed by atoms with Crippen molar-refractivity contribution < 1.29 is 9.53 Å². The largest absolute Gasteiger partial charge is 0.435 e. The molecule has 0 rings (SSSR count). The third-order valence-corrected chi connectivity index (χ3v) is 0.904. The molecule has 0 amide bonds. The van der Waals surface area contributed by atoms with E-state index in [0.29, 0.717) is 0 Å². The highest BCUT2D eigenvalue weighted by atomic mass is 79.9. The van der Waals surface area contributed by atoms with E-state index in [1.165, 1.54) is 6.92 Å². The Morgan fingerprint density at radius 2 is 2.10 bits per heavy atom. The van der Waals surface area contributed by atoms with Crippen molar-refractivity contribution in [3.05, 3.63) is 23.9 Å². The zero-order valence-corrected chi connectivity index (χ0v) is 7.72. The molecule has 0 saturated carbocycles. The minimum atomic E-state index is -0.329. The Balaban J connectivity index is 0. The van der Waals surface area contributed by atoms with Gasteiger partial charge in [0.15, 0.2) is 0 Å². The van der Waals surface area contributed by atoms with Crippen LogP contribution in [-0.2, 0) is 9.53 Å². The Hall–Kier alpha value is -0.570. The van der Waals surface area contributed by atoms with Crippen molar-refractivity contribution in [1.82, 2.24) is 0 Å². The molecule has 0 aromatic heterocycles. The first-order valence-corrected chi connectivity index (χ1v) is 3.60. The van der Waals surface area contributed by atoms with Crippen LogP contribution in [0, 0.1) is 0 Å². The van der Waals surface area contributed by atoms with Gasteiger partial charge in [-0.25, -0.2) is 0 Å². The van der Waals surface area contributed by atoms with Gasteiger partial charge in [-0.3, -0.25) is 4.79 Å². The van der Waals surface area contributed by atoms with Crippen molar-refractivity contribution in [2.75, 3.05) is 0 Å². The molecule has 0 atom stereocenters. The second-order valence-electron chi connectivity index (χ2n) is 1.24. The Bertz CT molecular complexity index is 115. The smallest absolute Gasteiger partial charge is 0.307 e. The predicted octanol–water partition coefficient (Wildman–Crippen LogP) is 2.61. The van der Waals surface area contributed by atoms with E-state index in [0.717, 1.165) is 6.26 Å². The summed E-state index contributed by atoms with van der Waals surface area (Å²) in [5.74, 6) is -0.329. The topological polar surface area (TPSA) is 26.3 Å². The van der Waals surface area contributed by atoms with Crippen LogP contribution < -0.4 is 0 Å². The quantitative estimate of drug-likeness (QED) is 0.488. The van der Waals surface area contributed by atoms with Crippen LogP contribution in [-0.4, -0.2) is 5.97 Å². The molecule has 0 unspecified atom stereocenters. The Kier molecular flexibility index (Phi) is 13.7. The molecule has 0 aromatic carbocycles. The third kappa shape index (κ3) is 26.1. The van der Waals surface area contributed by atoms with Crippen molar-refractivity contribution in [2.45, 2.75) is 13.8 Å². The van der Waals surface area contributed by atoms with Gasteiger partial charge in [0.05, 0.1) is 6.26 Å². The number of rotatable bonds is 1. The summed E-state index contributed by atoms with van der Waals surface area (Å²) in [7, 11) is 0. The van der Waals surface area contributed by atoms with Crippen molar-refractivity contribution >= 4 is 21.9 Å². The minimum Gasteiger partial charge on any atom is -0.435 e. The van der Waals surface area contributed by atoms with E-state index in [4.69, 9.17) is 0 Å². The van der Waals surface area contributed by atoms with E-state index in [1.54, 1.807) is 0 Å². The highest BCUT2D eigenvalue weighted by Crippen LogP contribution is 1.76. The van der Waals surface area contributed by atoms with Crippen molar-refractivity contribution in [3.63, 3.8) is 0 Å². The second-order valence-corrected chi connectivity index (χ2v) is 1.76. The van der Waals surface area contributed by atoms with E-state index in [2.05, 4.69) is 27.2 Å². The summed E-state index contributed by atoms with van der Waals surface area (Å²) in [6.07, 6.45) is 3.02. The zero-order valence-electron chi connectivity index (χ0n) is 6.13. The molecule has 3 heteroatoms. The first kappa shape index (κ1) is 12.1. The van der Waals surface area contributed by atoms with Crippen molar-refractivity contribution in [3.8, 4) is 0 Å². The first-order chi connectivity index (χ1) is 4.68. The molecular formula is C7H11BrO2. The van der Waals surface area contributed by atoms with Gasteiger partial charge in [-0.2, -0.15) is 0 Å². The highest BCUT2D eigenvalue weighted by molar-refractivity contribution is 9.11. The van der Waals surface area contributed by atoms with E-state index in [1.807, 2.05) is 18.0 Å². The molecule has 58 valence electrons. The highest BCUT2D eigenvalue weighted by Gasteiger charge is 1.79. The molecule has 0 fully saturated rings. The van der Waals surface area contributed by atoms with Crippen LogP contribution >= 0.6 is 15.9 Å². The summed E-state index contributed by atoms with van der Waals surface area (Å²) in [6, 6.07) is 0. The van der Waals surface area contributed by atoms with Crippen LogP contribution in [0.2, 0.25) is 0 Å². The summed E-state index contributed by atoms with van der Waals surface area (Å²) < 4.78 is 4.17. The van der Waals surface area contributed by atoms with E-state index < -0.39 is 0 Å². The molecule has 0 aliphatic heterocycles. The first-order valence-electron chi connectivity index (χ1n) is 2.68. The summed E-state index contributed by atoms with van der Waals surface area (Å²) in [5.41, 5.74) is 0. The van der Waals surface area contributed by atoms with E-state index in [9.17, 15) is 4.79 Å². The number of hydrogen-bond acceptors (Lipinski definition) is 2. The normalized spacial score (nSPS) is 7.90. The zero-order chi connectivity index (χ0) is 8.41. The summed E-state index contributed by atoms with van der Waals surface area (Å²) in [5, 5.41) is 0. The number of carbonyl (C=O) groups is 1. The maximum absolute atomic E-state index is 9.75. The molecular weight excluding hydrogens is 196 g/mol. The average Bonchev–Trinajstić information content (AvgIpc) is 1.89. The predicted molar refractivity (Wildman–Crippen MR) is 45.7 cm³/mol. The van der Waals surface area contributed by atoms with Crippen LogP contribution in [0.1, 0.15) is 13.8 Å². The van der Waals surface area contributed by atoms with Gasteiger partial charge in [0.1, 0.15) is 0 Å². The van der Waals surface area contributed by atoms with Crippen molar-refractivity contribution in [2.24, 2.45) is 0 Å². The SMILES string of the molecule is C=COC(C)=O.CC=CBr. The van der Waals surface area contributed by atoms with E-state index in [-0.39, 0.29) is 5.97 Å². The minimum absolute atomic E-state index is 0.329. The number of esters is 1. The monoisotopic (exact) mass is 206 g/mol. The molecule has 0 saturated heterocycles. The van der Waals surface area contributed by atoms with Crippen LogP contribution in [0.5, 0.6) is 0 Å². The lowest BCUT2D eigenvalue weighted by atomic mass is 10.8. The average molecular weight is 207 g/mol. The fraction of sp³-hybridized carbons (Fsp3) is 0.286. The van der Waals surface area contributed by atoms with Crippen LogP contribution in [0.3, 0.4) is 0 Å². The lowest BCUT2D eigenvalue weighted by Gasteiger charge is -1.83. The van der Waals surface area contributed by atoms with Gasteiger partial charge in [-0.05, 0) is 11.9 Å². The van der Waals surface area contributed by atoms with Gasteiger partial charge in [0.2, 0.25) is 0 Å². The standard InChI is InChI=1S/C4H6O2.C3H5Br/c1-3-6-4(2)5;1-2-3-4/h3H,1H2,2H3;2-3H,1H3. The van der Waals surface area contributed by atoms with Crippen molar-refractivity contribution in [1.29, 1.82) is 0 Å². The molecule has 10 heavy (non-hydrogen) atoms. The summed E-state index contributed by atoms with van der Waals surface area (Å²) >= 11 is 3.07. The van der Waals surface area contributed by atoms with Crippen LogP contribution in [0.15, 0.2) is 23.9 Å². The van der Waals surface area contributed by atoms with Gasteiger partial charge in [0, 0.05) is 6.92 Å². The fourth-order valence-corrected chi connectivity index (χ4v) is 0.117. The second kappa shape index (κ2) is 11.3. The van der Waals surface area contributed by atoms with E-state index >= 15 is 0 Å². The Morgan fingerprint density at radius 1 is 1.70 bits per heavy atom. The Morgan fingerprint density at radius 3 is 2.10 bits per heavy atom. The molecule has 0 aliphatic carbocycles. The maximum atomic E-state index is 9.75. The fourth-order valence-electron chi connectivity index (χ4n) is 0.117.